The quantitative estimate of drug-likeness (QED) is 0.760. The van der Waals surface area contributed by atoms with Crippen LogP contribution in [-0.2, 0) is 9.09 Å². The number of carboxylic acid groups (broad SMARTS) is 1. The van der Waals surface area contributed by atoms with E-state index < -0.39 is 13.6 Å². The number of rotatable bonds is 4. The van der Waals surface area contributed by atoms with Gasteiger partial charge in [-0.3, -0.25) is 4.57 Å². The van der Waals surface area contributed by atoms with Crippen LogP contribution in [0.5, 0.6) is 0 Å². The summed E-state index contributed by atoms with van der Waals surface area (Å²) in [6, 6.07) is 5.08. The van der Waals surface area contributed by atoms with Crippen LogP contribution in [0.4, 0.5) is 0 Å². The highest BCUT2D eigenvalue weighted by Crippen LogP contribution is 2.40. The number of aromatic carboxylic acids is 1. The molecule has 0 aliphatic carbocycles. The summed E-state index contributed by atoms with van der Waals surface area (Å²) in [5, 5.41) is 8.71. The van der Waals surface area contributed by atoms with Crippen molar-refractivity contribution in [3.63, 3.8) is 0 Å². The largest absolute Gasteiger partial charge is 0.478 e. The molecule has 1 aromatic rings. The average molecular weight is 230 g/mol. The van der Waals surface area contributed by atoms with Crippen molar-refractivity contribution in [2.75, 3.05) is 6.61 Å². The van der Waals surface area contributed by atoms with Crippen LogP contribution in [0.2, 0.25) is 0 Å². The standard InChI is InChI=1S/C9H11O5P/c1-2-14-15(12,13)8-5-3-7(4-6-8)9(10)11/h3-6H,2H2,1H3,(H,10,11)(H,12,13). The third-order valence-electron chi connectivity index (χ3n) is 1.74. The van der Waals surface area contributed by atoms with Crippen LogP contribution in [0, 0.1) is 0 Å². The summed E-state index contributed by atoms with van der Waals surface area (Å²) in [5.74, 6) is -1.08. The number of carbonyl (C=O) groups is 1. The maximum absolute atomic E-state index is 11.5. The van der Waals surface area contributed by atoms with Gasteiger partial charge in [-0.25, -0.2) is 4.79 Å². The summed E-state index contributed by atoms with van der Waals surface area (Å²) in [6.45, 7) is 1.73. The van der Waals surface area contributed by atoms with Crippen molar-refractivity contribution in [3.8, 4) is 0 Å². The van der Waals surface area contributed by atoms with Crippen molar-refractivity contribution >= 4 is 18.9 Å². The van der Waals surface area contributed by atoms with E-state index in [2.05, 4.69) is 4.52 Å². The molecule has 5 nitrogen and oxygen atoms in total. The molecule has 15 heavy (non-hydrogen) atoms. The summed E-state index contributed by atoms with van der Waals surface area (Å²) >= 11 is 0. The normalized spacial score (nSPS) is 14.5. The molecule has 1 aromatic carbocycles. The van der Waals surface area contributed by atoms with Gasteiger partial charge in [0.2, 0.25) is 0 Å². The summed E-state index contributed by atoms with van der Waals surface area (Å²) in [7, 11) is -3.79. The first-order valence-electron chi connectivity index (χ1n) is 4.28. The number of hydrogen-bond donors (Lipinski definition) is 2. The first kappa shape index (κ1) is 11.9. The van der Waals surface area contributed by atoms with Crippen molar-refractivity contribution in [1.29, 1.82) is 0 Å². The Hall–Kier alpha value is -1.16. The van der Waals surface area contributed by atoms with Gasteiger partial charge in [0.15, 0.2) is 0 Å². The van der Waals surface area contributed by atoms with E-state index >= 15 is 0 Å². The Morgan fingerprint density at radius 1 is 1.40 bits per heavy atom. The Bertz CT molecular complexity index is 397. The Morgan fingerprint density at radius 2 is 1.93 bits per heavy atom. The summed E-state index contributed by atoms with van der Waals surface area (Å²) in [5.41, 5.74) is 0.0650. The molecule has 1 unspecified atom stereocenters. The van der Waals surface area contributed by atoms with Crippen molar-refractivity contribution in [2.45, 2.75) is 6.92 Å². The number of benzene rings is 1. The van der Waals surface area contributed by atoms with Crippen molar-refractivity contribution in [3.05, 3.63) is 29.8 Å². The number of carboxylic acids is 1. The SMILES string of the molecule is CCOP(=O)(O)c1ccc(C(=O)O)cc1. The zero-order valence-corrected chi connectivity index (χ0v) is 8.98. The molecule has 0 heterocycles. The van der Waals surface area contributed by atoms with Crippen LogP contribution in [0.15, 0.2) is 24.3 Å². The Kier molecular flexibility index (Phi) is 3.63. The van der Waals surface area contributed by atoms with Gasteiger partial charge in [-0.15, -0.1) is 0 Å². The molecule has 0 fully saturated rings. The maximum atomic E-state index is 11.5. The molecule has 0 aliphatic rings. The molecule has 0 radical (unpaired) electrons. The zero-order chi connectivity index (χ0) is 11.5. The van der Waals surface area contributed by atoms with Crippen LogP contribution in [0.3, 0.4) is 0 Å². The predicted octanol–water partition coefficient (Wildman–Crippen LogP) is 1.23. The van der Waals surface area contributed by atoms with Crippen LogP contribution in [0.25, 0.3) is 0 Å². The smallest absolute Gasteiger partial charge is 0.358 e. The first-order chi connectivity index (χ1) is 6.97. The van der Waals surface area contributed by atoms with Crippen molar-refractivity contribution < 1.29 is 23.9 Å². The molecule has 1 atom stereocenters. The molecule has 0 aromatic heterocycles. The molecule has 0 saturated carbocycles. The van der Waals surface area contributed by atoms with Gasteiger partial charge in [0, 0.05) is 0 Å². The van der Waals surface area contributed by atoms with E-state index in [1.165, 1.54) is 24.3 Å². The predicted molar refractivity (Wildman–Crippen MR) is 54.5 cm³/mol. The lowest BCUT2D eigenvalue weighted by atomic mass is 10.2. The third kappa shape index (κ3) is 2.89. The maximum Gasteiger partial charge on any atom is 0.358 e. The van der Waals surface area contributed by atoms with Crippen LogP contribution < -0.4 is 5.30 Å². The average Bonchev–Trinajstić information content (AvgIpc) is 2.18. The highest BCUT2D eigenvalue weighted by Gasteiger charge is 2.21. The minimum Gasteiger partial charge on any atom is -0.478 e. The van der Waals surface area contributed by atoms with Crippen molar-refractivity contribution in [1.82, 2.24) is 0 Å². The second-order valence-corrected chi connectivity index (χ2v) is 4.61. The fourth-order valence-corrected chi connectivity index (χ4v) is 2.07. The second kappa shape index (κ2) is 4.57. The molecular weight excluding hydrogens is 219 g/mol. The monoisotopic (exact) mass is 230 g/mol. The highest BCUT2D eigenvalue weighted by molar-refractivity contribution is 7.61. The molecule has 82 valence electrons. The van der Waals surface area contributed by atoms with Gasteiger partial charge in [0.1, 0.15) is 0 Å². The first-order valence-corrected chi connectivity index (χ1v) is 5.86. The van der Waals surface area contributed by atoms with E-state index in [0.717, 1.165) is 0 Å². The minimum absolute atomic E-state index is 0.0650. The molecule has 1 rings (SSSR count). The molecule has 2 N–H and O–H groups in total. The van der Waals surface area contributed by atoms with E-state index in [1.54, 1.807) is 6.92 Å². The number of hydrogen-bond acceptors (Lipinski definition) is 3. The van der Waals surface area contributed by atoms with Gasteiger partial charge in [-0.2, -0.15) is 0 Å². The molecular formula is C9H11O5P. The lowest BCUT2D eigenvalue weighted by molar-refractivity contribution is 0.0697. The van der Waals surface area contributed by atoms with E-state index in [0.29, 0.717) is 0 Å². The van der Waals surface area contributed by atoms with Crippen LogP contribution in [-0.4, -0.2) is 22.6 Å². The van der Waals surface area contributed by atoms with Gasteiger partial charge in [0.05, 0.1) is 17.5 Å². The summed E-state index contributed by atoms with van der Waals surface area (Å²) in [4.78, 5) is 19.9. The van der Waals surface area contributed by atoms with E-state index in [4.69, 9.17) is 5.11 Å². The molecule has 0 amide bonds. The van der Waals surface area contributed by atoms with Crippen LogP contribution >= 0.6 is 7.60 Å². The van der Waals surface area contributed by atoms with E-state index in [9.17, 15) is 14.3 Å². The summed E-state index contributed by atoms with van der Waals surface area (Å²) < 4.78 is 16.2. The van der Waals surface area contributed by atoms with Crippen molar-refractivity contribution in [2.24, 2.45) is 0 Å². The minimum atomic E-state index is -3.79. The molecule has 6 heteroatoms. The van der Waals surface area contributed by atoms with Gasteiger partial charge < -0.3 is 14.5 Å². The van der Waals surface area contributed by atoms with Gasteiger partial charge in [-0.1, -0.05) is 0 Å². The Morgan fingerprint density at radius 3 is 2.33 bits per heavy atom. The molecule has 0 spiro atoms. The lowest BCUT2D eigenvalue weighted by Crippen LogP contribution is -2.08. The van der Waals surface area contributed by atoms with Gasteiger partial charge in [0.25, 0.3) is 0 Å². The van der Waals surface area contributed by atoms with E-state index in [-0.39, 0.29) is 17.5 Å². The molecule has 0 aliphatic heterocycles. The van der Waals surface area contributed by atoms with Gasteiger partial charge in [-0.05, 0) is 31.2 Å². The second-order valence-electron chi connectivity index (χ2n) is 2.79. The summed E-state index contributed by atoms with van der Waals surface area (Å²) in [6.07, 6.45) is 0. The Balaban J connectivity index is 2.98. The van der Waals surface area contributed by atoms with Crippen LogP contribution in [0.1, 0.15) is 17.3 Å². The molecule has 0 bridgehead atoms. The Labute approximate surface area is 86.9 Å². The topological polar surface area (TPSA) is 83.8 Å². The fourth-order valence-electron chi connectivity index (χ4n) is 1.04. The fraction of sp³-hybridized carbons (Fsp3) is 0.222. The lowest BCUT2D eigenvalue weighted by Gasteiger charge is -2.10. The van der Waals surface area contributed by atoms with Gasteiger partial charge >= 0.3 is 13.6 Å². The third-order valence-corrected chi connectivity index (χ3v) is 3.30. The molecule has 0 saturated heterocycles. The highest BCUT2D eigenvalue weighted by atomic mass is 31.2. The van der Waals surface area contributed by atoms with E-state index in [1.807, 2.05) is 0 Å². The zero-order valence-electron chi connectivity index (χ0n) is 8.08.